The molecule has 0 aliphatic carbocycles. The Kier molecular flexibility index (Phi) is 11.5. The quantitative estimate of drug-likeness (QED) is 0.414. The van der Waals surface area contributed by atoms with E-state index in [1.54, 1.807) is 13.1 Å². The lowest BCUT2D eigenvalue weighted by atomic mass is 9.95. The molecule has 0 atom stereocenters. The average molecular weight is 440 g/mol. The number of nitrogens with zero attached hydrogens (tertiary/aromatic N) is 2. The zero-order chi connectivity index (χ0) is 25.0. The molecule has 2 aromatic heterocycles. The van der Waals surface area contributed by atoms with E-state index >= 15 is 0 Å². The Balaban J connectivity index is 0.00000207. The summed E-state index contributed by atoms with van der Waals surface area (Å²) in [5, 5.41) is 2.32. The van der Waals surface area contributed by atoms with Crippen LogP contribution in [0.1, 0.15) is 51.4 Å². The van der Waals surface area contributed by atoms with Crippen molar-refractivity contribution in [3.63, 3.8) is 0 Å². The van der Waals surface area contributed by atoms with Crippen molar-refractivity contribution in [1.82, 2.24) is 9.55 Å². The number of benzene rings is 1. The molecule has 0 bridgehead atoms. The van der Waals surface area contributed by atoms with Crippen LogP contribution in [0.2, 0.25) is 0 Å². The molecule has 0 N–H and O–H groups in total. The molecular weight excluding hydrogens is 400 g/mol. The van der Waals surface area contributed by atoms with Gasteiger partial charge < -0.3 is 4.57 Å². The van der Waals surface area contributed by atoms with Gasteiger partial charge in [-0.3, -0.25) is 4.98 Å². The van der Waals surface area contributed by atoms with Crippen LogP contribution in [0, 0.1) is 26.2 Å². The van der Waals surface area contributed by atoms with E-state index in [-0.39, 0.29) is 1.43 Å². The van der Waals surface area contributed by atoms with Crippen molar-refractivity contribution in [2.24, 2.45) is 7.05 Å². The van der Waals surface area contributed by atoms with E-state index in [0.717, 1.165) is 45.3 Å². The number of pyridine rings is 1. The second-order valence-corrected chi connectivity index (χ2v) is 7.16. The van der Waals surface area contributed by atoms with Gasteiger partial charge in [0.25, 0.3) is 0 Å². The molecule has 0 unspecified atom stereocenters. The van der Waals surface area contributed by atoms with Crippen LogP contribution in [0.25, 0.3) is 29.5 Å². The van der Waals surface area contributed by atoms with Crippen molar-refractivity contribution in [2.75, 3.05) is 0 Å². The first-order chi connectivity index (χ1) is 16.0. The molecular formula is C31H39N2. The second kappa shape index (κ2) is 13.8. The largest absolute Gasteiger partial charge is 0.344 e. The highest BCUT2D eigenvalue weighted by Gasteiger charge is 2.07. The van der Waals surface area contributed by atoms with Gasteiger partial charge in [-0.15, -0.1) is 6.42 Å². The molecule has 0 saturated carbocycles. The summed E-state index contributed by atoms with van der Waals surface area (Å²) in [6.07, 6.45) is 16.2. The van der Waals surface area contributed by atoms with Gasteiger partial charge in [0.2, 0.25) is 0 Å². The molecule has 3 aromatic rings. The van der Waals surface area contributed by atoms with Gasteiger partial charge in [-0.2, -0.15) is 0 Å². The Morgan fingerprint density at radius 1 is 1.24 bits per heavy atom. The topological polar surface area (TPSA) is 17.8 Å². The lowest BCUT2D eigenvalue weighted by Gasteiger charge is -2.09. The maximum atomic E-state index is 5.65. The predicted molar refractivity (Wildman–Crippen MR) is 149 cm³/mol. The highest BCUT2D eigenvalue weighted by Crippen LogP contribution is 2.20. The zero-order valence-electron chi connectivity index (χ0n) is 21.1. The van der Waals surface area contributed by atoms with E-state index in [4.69, 9.17) is 6.42 Å². The monoisotopic (exact) mass is 439 g/mol. The molecule has 33 heavy (non-hydrogen) atoms. The van der Waals surface area contributed by atoms with Gasteiger partial charge in [0, 0.05) is 37.3 Å². The molecule has 2 heterocycles. The fourth-order valence-corrected chi connectivity index (χ4v) is 3.70. The first kappa shape index (κ1) is 27.5. The molecule has 0 amide bonds. The SMILES string of the molecule is C#Cc1c(C)cc(CC(=C)/C=c2\c(=C/C)cc(-c3cccnc3)n2C)cc1C=C.CC.[CH2]C.[HH]. The Labute approximate surface area is 202 Å². The molecule has 173 valence electrons. The van der Waals surface area contributed by atoms with Gasteiger partial charge in [0.15, 0.2) is 0 Å². The summed E-state index contributed by atoms with van der Waals surface area (Å²) in [5.74, 6) is 2.76. The first-order valence-corrected chi connectivity index (χ1v) is 11.3. The molecule has 3 rings (SSSR count). The smallest absolute Gasteiger partial charge is 0.0504 e. The van der Waals surface area contributed by atoms with Crippen LogP contribution in [0.4, 0.5) is 0 Å². The number of allylic oxidation sites excluding steroid dienone is 1. The zero-order valence-corrected chi connectivity index (χ0v) is 21.1. The van der Waals surface area contributed by atoms with E-state index in [9.17, 15) is 0 Å². The molecule has 0 saturated heterocycles. The maximum absolute atomic E-state index is 5.65. The van der Waals surface area contributed by atoms with Crippen LogP contribution < -0.4 is 10.6 Å². The van der Waals surface area contributed by atoms with Gasteiger partial charge in [-0.25, -0.2) is 0 Å². The molecule has 2 nitrogen and oxygen atoms in total. The van der Waals surface area contributed by atoms with E-state index in [1.807, 2.05) is 39.1 Å². The number of aromatic nitrogens is 2. The normalized spacial score (nSPS) is 11.0. The third kappa shape index (κ3) is 6.70. The molecule has 0 spiro atoms. The summed E-state index contributed by atoms with van der Waals surface area (Å²) in [6.45, 7) is 21.3. The molecule has 2 heteroatoms. The highest BCUT2D eigenvalue weighted by molar-refractivity contribution is 5.63. The minimum atomic E-state index is 0. The van der Waals surface area contributed by atoms with Crippen molar-refractivity contribution < 1.29 is 1.43 Å². The van der Waals surface area contributed by atoms with Crippen LogP contribution in [0.15, 0.2) is 61.5 Å². The standard InChI is InChI=1S/C27H26N2.C2H6.C2H5.H2/c1-7-22-16-21(15-20(5)25(22)9-3)13-19(4)14-26-23(8-2)17-27(29(26)6)24-11-10-12-28-18-24;2*1-2;/h3,7-8,10-12,14-18H,1,4,13H2,2,5-6H3;1-2H3;1H2,2H3;1H/b23-8-,26-14+;;;. The fraction of sp³-hybridized carbons (Fsp3) is 0.226. The number of rotatable bonds is 5. The van der Waals surface area contributed by atoms with E-state index < -0.39 is 0 Å². The van der Waals surface area contributed by atoms with Crippen molar-refractivity contribution in [3.05, 3.63) is 101 Å². The second-order valence-electron chi connectivity index (χ2n) is 7.16. The minimum absolute atomic E-state index is 0. The Morgan fingerprint density at radius 2 is 1.94 bits per heavy atom. The predicted octanol–water partition coefficient (Wildman–Crippen LogP) is 6.51. The Bertz CT molecular complexity index is 1240. The summed E-state index contributed by atoms with van der Waals surface area (Å²) in [6, 6.07) is 10.5. The molecule has 1 aromatic carbocycles. The van der Waals surface area contributed by atoms with Gasteiger partial charge >= 0.3 is 0 Å². The van der Waals surface area contributed by atoms with Crippen molar-refractivity contribution in [2.45, 2.75) is 41.0 Å². The fourth-order valence-electron chi connectivity index (χ4n) is 3.70. The highest BCUT2D eigenvalue weighted by atomic mass is 14.9. The third-order valence-electron chi connectivity index (χ3n) is 5.14. The van der Waals surface area contributed by atoms with E-state index in [2.05, 4.69) is 85.9 Å². The van der Waals surface area contributed by atoms with Crippen LogP contribution in [0.3, 0.4) is 0 Å². The van der Waals surface area contributed by atoms with Crippen molar-refractivity contribution >= 4 is 18.2 Å². The van der Waals surface area contributed by atoms with Gasteiger partial charge in [0.05, 0.1) is 5.69 Å². The van der Waals surface area contributed by atoms with Gasteiger partial charge in [-0.1, -0.05) is 71.1 Å². The molecule has 0 aliphatic heterocycles. The lowest BCUT2D eigenvalue weighted by Crippen LogP contribution is -2.27. The summed E-state index contributed by atoms with van der Waals surface area (Å²) < 4.78 is 2.19. The summed E-state index contributed by atoms with van der Waals surface area (Å²) in [7, 11) is 2.08. The summed E-state index contributed by atoms with van der Waals surface area (Å²) in [5.41, 5.74) is 7.44. The van der Waals surface area contributed by atoms with Gasteiger partial charge in [0.1, 0.15) is 0 Å². The third-order valence-corrected chi connectivity index (χ3v) is 5.14. The number of hydrogen-bond donors (Lipinski definition) is 0. The summed E-state index contributed by atoms with van der Waals surface area (Å²) in [4.78, 5) is 4.25. The van der Waals surface area contributed by atoms with Crippen LogP contribution >= 0.6 is 0 Å². The maximum Gasteiger partial charge on any atom is 0.0504 e. The molecule has 0 aliphatic rings. The average Bonchev–Trinajstić information content (AvgIpc) is 3.16. The summed E-state index contributed by atoms with van der Waals surface area (Å²) >= 11 is 0. The van der Waals surface area contributed by atoms with Crippen molar-refractivity contribution in [3.8, 4) is 23.6 Å². The van der Waals surface area contributed by atoms with Crippen molar-refractivity contribution in [1.29, 1.82) is 0 Å². The van der Waals surface area contributed by atoms with E-state index in [0.29, 0.717) is 0 Å². The molecule has 1 radical (unpaired) electrons. The van der Waals surface area contributed by atoms with Crippen LogP contribution in [0.5, 0.6) is 0 Å². The first-order valence-electron chi connectivity index (χ1n) is 11.3. The number of terminal acetylenes is 1. The Morgan fingerprint density at radius 3 is 2.48 bits per heavy atom. The van der Waals surface area contributed by atoms with E-state index in [1.165, 1.54) is 10.8 Å². The number of hydrogen-bond acceptors (Lipinski definition) is 1. The van der Waals surface area contributed by atoms with Gasteiger partial charge in [-0.05, 0) is 72.0 Å². The Hall–Kier alpha value is -3.57. The van der Waals surface area contributed by atoms with Crippen LogP contribution in [-0.4, -0.2) is 9.55 Å². The number of aryl methyl sites for hydroxylation is 1. The minimum Gasteiger partial charge on any atom is -0.344 e. The van der Waals surface area contributed by atoms with Crippen LogP contribution in [-0.2, 0) is 13.5 Å². The lowest BCUT2D eigenvalue weighted by molar-refractivity contribution is 0.895. The molecule has 0 fully saturated rings.